The highest BCUT2D eigenvalue weighted by atomic mass is 16.5. The predicted octanol–water partition coefficient (Wildman–Crippen LogP) is 1.68. The SMILES string of the molecule is COc1cc(OC)cc(-c2noc(CC(C)O)n2)c1. The van der Waals surface area contributed by atoms with Gasteiger partial charge in [0.2, 0.25) is 11.7 Å². The van der Waals surface area contributed by atoms with Gasteiger partial charge in [0.25, 0.3) is 0 Å². The highest BCUT2D eigenvalue weighted by Gasteiger charge is 2.12. The number of methoxy groups -OCH3 is 2. The van der Waals surface area contributed by atoms with Crippen LogP contribution in [0.5, 0.6) is 11.5 Å². The van der Waals surface area contributed by atoms with Crippen LogP contribution in [-0.2, 0) is 6.42 Å². The molecule has 19 heavy (non-hydrogen) atoms. The lowest BCUT2D eigenvalue weighted by molar-refractivity contribution is 0.181. The zero-order valence-electron chi connectivity index (χ0n) is 11.1. The van der Waals surface area contributed by atoms with Gasteiger partial charge < -0.3 is 19.1 Å². The third kappa shape index (κ3) is 3.23. The summed E-state index contributed by atoms with van der Waals surface area (Å²) >= 11 is 0. The number of benzene rings is 1. The summed E-state index contributed by atoms with van der Waals surface area (Å²) in [5.41, 5.74) is 0.733. The third-order valence-corrected chi connectivity index (χ3v) is 2.55. The first-order valence-corrected chi connectivity index (χ1v) is 5.86. The zero-order chi connectivity index (χ0) is 13.8. The monoisotopic (exact) mass is 264 g/mol. The van der Waals surface area contributed by atoms with E-state index in [0.717, 1.165) is 5.56 Å². The molecule has 6 nitrogen and oxygen atoms in total. The molecule has 0 radical (unpaired) electrons. The van der Waals surface area contributed by atoms with Gasteiger partial charge in [0.05, 0.1) is 26.7 Å². The Hall–Kier alpha value is -2.08. The highest BCUT2D eigenvalue weighted by molar-refractivity contribution is 5.60. The Morgan fingerprint density at radius 2 is 1.84 bits per heavy atom. The Labute approximate surface area is 111 Å². The average Bonchev–Trinajstić information content (AvgIpc) is 2.85. The number of ether oxygens (including phenoxy) is 2. The van der Waals surface area contributed by atoms with Gasteiger partial charge in [-0.1, -0.05) is 5.16 Å². The van der Waals surface area contributed by atoms with Gasteiger partial charge >= 0.3 is 0 Å². The van der Waals surface area contributed by atoms with Gasteiger partial charge in [0, 0.05) is 11.6 Å². The summed E-state index contributed by atoms with van der Waals surface area (Å²) in [4.78, 5) is 4.22. The van der Waals surface area contributed by atoms with Crippen LogP contribution in [0.2, 0.25) is 0 Å². The standard InChI is InChI=1S/C13H16N2O4/c1-8(16)4-12-14-13(15-19-12)9-5-10(17-2)7-11(6-9)18-3/h5-8,16H,4H2,1-3H3. The number of aliphatic hydroxyl groups is 1. The second-order valence-electron chi connectivity index (χ2n) is 4.17. The van der Waals surface area contributed by atoms with Gasteiger partial charge in [-0.05, 0) is 19.1 Å². The molecule has 0 aliphatic heterocycles. The van der Waals surface area contributed by atoms with Gasteiger partial charge in [-0.15, -0.1) is 0 Å². The van der Waals surface area contributed by atoms with Crippen LogP contribution in [0.25, 0.3) is 11.4 Å². The van der Waals surface area contributed by atoms with Gasteiger partial charge in [-0.25, -0.2) is 0 Å². The molecule has 0 aliphatic carbocycles. The number of hydrogen-bond donors (Lipinski definition) is 1. The van der Waals surface area contributed by atoms with Crippen molar-refractivity contribution in [3.8, 4) is 22.9 Å². The van der Waals surface area contributed by atoms with Crippen molar-refractivity contribution in [2.24, 2.45) is 0 Å². The summed E-state index contributed by atoms with van der Waals surface area (Å²) in [5, 5.41) is 13.2. The summed E-state index contributed by atoms with van der Waals surface area (Å²) in [6.07, 6.45) is -0.193. The fraction of sp³-hybridized carbons (Fsp3) is 0.385. The maximum Gasteiger partial charge on any atom is 0.229 e. The van der Waals surface area contributed by atoms with Crippen LogP contribution < -0.4 is 9.47 Å². The van der Waals surface area contributed by atoms with E-state index in [1.54, 1.807) is 39.3 Å². The second-order valence-corrected chi connectivity index (χ2v) is 4.17. The predicted molar refractivity (Wildman–Crippen MR) is 68.2 cm³/mol. The van der Waals surface area contributed by atoms with Crippen LogP contribution in [0.15, 0.2) is 22.7 Å². The van der Waals surface area contributed by atoms with Crippen molar-refractivity contribution in [1.82, 2.24) is 10.1 Å². The third-order valence-electron chi connectivity index (χ3n) is 2.55. The Morgan fingerprint density at radius 1 is 1.21 bits per heavy atom. The first-order valence-electron chi connectivity index (χ1n) is 5.86. The molecule has 0 spiro atoms. The van der Waals surface area contributed by atoms with Gasteiger partial charge in [0.1, 0.15) is 11.5 Å². The van der Waals surface area contributed by atoms with E-state index in [4.69, 9.17) is 14.0 Å². The van der Waals surface area contributed by atoms with E-state index in [1.165, 1.54) is 0 Å². The van der Waals surface area contributed by atoms with Crippen LogP contribution in [0.4, 0.5) is 0 Å². The van der Waals surface area contributed by atoms with Crippen LogP contribution >= 0.6 is 0 Å². The summed E-state index contributed by atoms with van der Waals surface area (Å²) in [6.45, 7) is 1.67. The summed E-state index contributed by atoms with van der Waals surface area (Å²) in [7, 11) is 3.15. The molecule has 1 N–H and O–H groups in total. The maximum absolute atomic E-state index is 9.28. The molecular formula is C13H16N2O4. The van der Waals surface area contributed by atoms with E-state index >= 15 is 0 Å². The minimum Gasteiger partial charge on any atom is -0.497 e. The first kappa shape index (κ1) is 13.4. The molecule has 0 saturated heterocycles. The van der Waals surface area contributed by atoms with Crippen LogP contribution in [0, 0.1) is 0 Å². The molecule has 0 amide bonds. The lowest BCUT2D eigenvalue weighted by atomic mass is 10.2. The minimum absolute atomic E-state index is 0.327. The summed E-state index contributed by atoms with van der Waals surface area (Å²) in [5.74, 6) is 2.13. The van der Waals surface area contributed by atoms with Crippen LogP contribution in [0.3, 0.4) is 0 Å². The van der Waals surface area contributed by atoms with E-state index in [-0.39, 0.29) is 0 Å². The molecule has 1 aromatic heterocycles. The molecule has 0 saturated carbocycles. The number of rotatable bonds is 5. The smallest absolute Gasteiger partial charge is 0.229 e. The van der Waals surface area contributed by atoms with Crippen LogP contribution in [0.1, 0.15) is 12.8 Å². The topological polar surface area (TPSA) is 77.6 Å². The fourth-order valence-electron chi connectivity index (χ4n) is 1.64. The Bertz CT molecular complexity index is 529. The van der Waals surface area contributed by atoms with Crippen molar-refractivity contribution in [2.45, 2.75) is 19.4 Å². The molecular weight excluding hydrogens is 248 g/mol. The summed E-state index contributed by atoms with van der Waals surface area (Å²) in [6, 6.07) is 5.35. The minimum atomic E-state index is -0.520. The van der Waals surface area contributed by atoms with E-state index in [2.05, 4.69) is 10.1 Å². The molecule has 1 atom stereocenters. The number of aliphatic hydroxyl groups excluding tert-OH is 1. The molecule has 0 fully saturated rings. The zero-order valence-corrected chi connectivity index (χ0v) is 11.1. The molecule has 1 aromatic carbocycles. The molecule has 1 unspecified atom stereocenters. The van der Waals surface area contributed by atoms with Crippen molar-refractivity contribution >= 4 is 0 Å². The maximum atomic E-state index is 9.28. The van der Waals surface area contributed by atoms with Crippen molar-refractivity contribution in [3.63, 3.8) is 0 Å². The van der Waals surface area contributed by atoms with Gasteiger partial charge in [0.15, 0.2) is 0 Å². The van der Waals surface area contributed by atoms with E-state index in [1.807, 2.05) is 0 Å². The molecule has 0 bridgehead atoms. The van der Waals surface area contributed by atoms with Crippen molar-refractivity contribution in [2.75, 3.05) is 14.2 Å². The van der Waals surface area contributed by atoms with Crippen molar-refractivity contribution < 1.29 is 19.1 Å². The van der Waals surface area contributed by atoms with Crippen LogP contribution in [-0.4, -0.2) is 35.6 Å². The fourth-order valence-corrected chi connectivity index (χ4v) is 1.64. The largest absolute Gasteiger partial charge is 0.497 e. The number of hydrogen-bond acceptors (Lipinski definition) is 6. The Kier molecular flexibility index (Phi) is 4.01. The van der Waals surface area contributed by atoms with Gasteiger partial charge in [-0.3, -0.25) is 0 Å². The number of nitrogens with zero attached hydrogens (tertiary/aromatic N) is 2. The average molecular weight is 264 g/mol. The lowest BCUT2D eigenvalue weighted by Crippen LogP contribution is -2.04. The second kappa shape index (κ2) is 5.71. The number of aromatic nitrogens is 2. The molecule has 2 aromatic rings. The highest BCUT2D eigenvalue weighted by Crippen LogP contribution is 2.28. The van der Waals surface area contributed by atoms with Gasteiger partial charge in [-0.2, -0.15) is 4.98 Å². The Morgan fingerprint density at radius 3 is 2.37 bits per heavy atom. The molecule has 0 aliphatic rings. The lowest BCUT2D eigenvalue weighted by Gasteiger charge is -2.05. The Balaban J connectivity index is 2.32. The normalized spacial score (nSPS) is 12.2. The first-order chi connectivity index (χ1) is 9.12. The quantitative estimate of drug-likeness (QED) is 0.885. The molecule has 1 heterocycles. The van der Waals surface area contributed by atoms with Crippen molar-refractivity contribution in [1.29, 1.82) is 0 Å². The van der Waals surface area contributed by atoms with Crippen molar-refractivity contribution in [3.05, 3.63) is 24.1 Å². The molecule has 2 rings (SSSR count). The molecule has 102 valence electrons. The van der Waals surface area contributed by atoms with E-state index in [9.17, 15) is 5.11 Å². The van der Waals surface area contributed by atoms with E-state index in [0.29, 0.717) is 29.6 Å². The molecule has 6 heteroatoms. The summed E-state index contributed by atoms with van der Waals surface area (Å²) < 4.78 is 15.4. The van der Waals surface area contributed by atoms with E-state index < -0.39 is 6.10 Å².